The number of methoxy groups -OCH3 is 1. The third-order valence-corrected chi connectivity index (χ3v) is 7.45. The number of carbonyl (C=O) groups excluding carboxylic acids is 2. The highest BCUT2D eigenvalue weighted by Crippen LogP contribution is 2.55. The van der Waals surface area contributed by atoms with Gasteiger partial charge in [-0.15, -0.1) is 0 Å². The molecule has 4 saturated carbocycles. The molecule has 0 spiro atoms. The average Bonchev–Trinajstić information content (AvgIpc) is 2.81. The van der Waals surface area contributed by atoms with Crippen LogP contribution in [0.2, 0.25) is 0 Å². The van der Waals surface area contributed by atoms with Crippen LogP contribution < -0.4 is 26.4 Å². The number of amides is 2. The molecule has 0 radical (unpaired) electrons. The number of hydrogen-bond donors (Lipinski definition) is 4. The van der Waals surface area contributed by atoms with Gasteiger partial charge in [0.15, 0.2) is 12.4 Å². The number of anilines is 3. The van der Waals surface area contributed by atoms with Crippen LogP contribution in [0.25, 0.3) is 0 Å². The number of urea groups is 1. The van der Waals surface area contributed by atoms with E-state index in [9.17, 15) is 9.59 Å². The zero-order chi connectivity index (χ0) is 25.1. The van der Waals surface area contributed by atoms with E-state index in [4.69, 9.17) is 15.2 Å². The SMILES string of the molecule is COc1ccccc1Nc1nc(N)nc(COC(=O)CCNC(=O)NC23CC4CC(CC(C4)C2)C3)n1. The van der Waals surface area contributed by atoms with Crippen molar-refractivity contribution in [2.75, 3.05) is 24.7 Å². The van der Waals surface area contributed by atoms with Gasteiger partial charge in [0.05, 0.1) is 19.2 Å². The van der Waals surface area contributed by atoms with Gasteiger partial charge >= 0.3 is 12.0 Å². The van der Waals surface area contributed by atoms with Crippen molar-refractivity contribution in [1.82, 2.24) is 25.6 Å². The first-order valence-electron chi connectivity index (χ1n) is 12.5. The van der Waals surface area contributed by atoms with Crippen molar-refractivity contribution in [3.05, 3.63) is 30.1 Å². The second-order valence-corrected chi connectivity index (χ2v) is 10.2. The van der Waals surface area contributed by atoms with Crippen LogP contribution in [0.4, 0.5) is 22.4 Å². The van der Waals surface area contributed by atoms with Crippen LogP contribution in [0.5, 0.6) is 5.75 Å². The maximum atomic E-state index is 12.5. The average molecular weight is 496 g/mol. The molecule has 4 aliphatic rings. The van der Waals surface area contributed by atoms with Crippen LogP contribution in [0.15, 0.2) is 24.3 Å². The lowest BCUT2D eigenvalue weighted by molar-refractivity contribution is -0.145. The number of aromatic nitrogens is 3. The van der Waals surface area contributed by atoms with Gasteiger partial charge in [0.2, 0.25) is 11.9 Å². The number of nitrogens with two attached hydrogens (primary N) is 1. The Labute approximate surface area is 210 Å². The van der Waals surface area contributed by atoms with Gasteiger partial charge in [-0.3, -0.25) is 4.79 Å². The molecule has 6 rings (SSSR count). The second kappa shape index (κ2) is 10.2. The van der Waals surface area contributed by atoms with Gasteiger partial charge in [0.25, 0.3) is 0 Å². The minimum absolute atomic E-state index is 0.00328. The summed E-state index contributed by atoms with van der Waals surface area (Å²) in [6.07, 6.45) is 7.24. The van der Waals surface area contributed by atoms with Gasteiger partial charge in [-0.2, -0.15) is 15.0 Å². The van der Waals surface area contributed by atoms with Crippen LogP contribution >= 0.6 is 0 Å². The summed E-state index contributed by atoms with van der Waals surface area (Å²) in [5.74, 6) is 2.81. The van der Waals surface area contributed by atoms with Crippen LogP contribution in [-0.4, -0.2) is 46.1 Å². The molecule has 36 heavy (non-hydrogen) atoms. The molecule has 1 heterocycles. The Morgan fingerprint density at radius 3 is 2.44 bits per heavy atom. The topological polar surface area (TPSA) is 153 Å². The van der Waals surface area contributed by atoms with Gasteiger partial charge in [-0.05, 0) is 68.4 Å². The van der Waals surface area contributed by atoms with Crippen molar-refractivity contribution in [3.63, 3.8) is 0 Å². The second-order valence-electron chi connectivity index (χ2n) is 10.2. The third kappa shape index (κ3) is 5.60. The number of nitrogens with zero attached hydrogens (tertiary/aromatic N) is 3. The van der Waals surface area contributed by atoms with Crippen LogP contribution in [0, 0.1) is 17.8 Å². The van der Waals surface area contributed by atoms with E-state index in [1.807, 2.05) is 18.2 Å². The van der Waals surface area contributed by atoms with Crippen molar-refractivity contribution < 1.29 is 19.1 Å². The van der Waals surface area contributed by atoms with Crippen LogP contribution in [0.3, 0.4) is 0 Å². The molecule has 0 atom stereocenters. The molecule has 11 heteroatoms. The van der Waals surface area contributed by atoms with Crippen molar-refractivity contribution >= 4 is 29.6 Å². The minimum Gasteiger partial charge on any atom is -0.495 e. The lowest BCUT2D eigenvalue weighted by Gasteiger charge is -2.56. The molecule has 1 aromatic carbocycles. The predicted molar refractivity (Wildman–Crippen MR) is 132 cm³/mol. The molecule has 4 aliphatic carbocycles. The van der Waals surface area contributed by atoms with Crippen molar-refractivity contribution in [2.45, 2.75) is 57.1 Å². The van der Waals surface area contributed by atoms with Gasteiger partial charge in [0, 0.05) is 12.1 Å². The molecule has 5 N–H and O–H groups in total. The standard InChI is InChI=1S/C25H33N7O4/c1-35-19-5-3-2-4-18(19)28-23-30-20(29-22(26)31-23)14-36-21(33)6-7-27-24(34)32-25-11-15-8-16(12-25)10-17(9-15)13-25/h2-5,15-17H,6-14H2,1H3,(H2,27,32,34)(H3,26,28,29,30,31). The van der Waals surface area contributed by atoms with Gasteiger partial charge in [-0.25, -0.2) is 4.79 Å². The van der Waals surface area contributed by atoms with E-state index in [1.54, 1.807) is 13.2 Å². The van der Waals surface area contributed by atoms with Crippen LogP contribution in [0.1, 0.15) is 50.8 Å². The first-order valence-corrected chi connectivity index (χ1v) is 12.5. The summed E-state index contributed by atoms with van der Waals surface area (Å²) < 4.78 is 10.6. The Morgan fingerprint density at radius 2 is 1.75 bits per heavy atom. The molecule has 1 aromatic heterocycles. The summed E-state index contributed by atoms with van der Waals surface area (Å²) in [4.78, 5) is 37.1. The number of ether oxygens (including phenoxy) is 2. The predicted octanol–water partition coefficient (Wildman–Crippen LogP) is 2.91. The highest BCUT2D eigenvalue weighted by Gasteiger charge is 2.51. The molecule has 4 fully saturated rings. The van der Waals surface area contributed by atoms with E-state index in [-0.39, 0.29) is 48.9 Å². The molecule has 4 bridgehead atoms. The zero-order valence-electron chi connectivity index (χ0n) is 20.5. The fourth-order valence-electron chi connectivity index (χ4n) is 6.47. The number of benzene rings is 1. The van der Waals surface area contributed by atoms with E-state index in [2.05, 4.69) is 30.9 Å². The number of para-hydroxylation sites is 2. The Bertz CT molecular complexity index is 1090. The number of hydrogen-bond acceptors (Lipinski definition) is 9. The van der Waals surface area contributed by atoms with Crippen molar-refractivity contribution in [1.29, 1.82) is 0 Å². The van der Waals surface area contributed by atoms with Gasteiger partial charge < -0.3 is 31.2 Å². The molecule has 0 unspecified atom stereocenters. The summed E-state index contributed by atoms with van der Waals surface area (Å²) >= 11 is 0. The molecule has 0 saturated heterocycles. The molecule has 192 valence electrons. The normalized spacial score (nSPS) is 25.8. The largest absolute Gasteiger partial charge is 0.495 e. The number of rotatable bonds is 9. The number of carbonyl (C=O) groups is 2. The molecule has 2 amide bonds. The van der Waals surface area contributed by atoms with E-state index in [1.165, 1.54) is 19.3 Å². The highest BCUT2D eigenvalue weighted by atomic mass is 16.5. The molecule has 11 nitrogen and oxygen atoms in total. The molecule has 2 aromatic rings. The summed E-state index contributed by atoms with van der Waals surface area (Å²) in [6, 6.07) is 7.09. The minimum atomic E-state index is -0.469. The lowest BCUT2D eigenvalue weighted by atomic mass is 9.53. The first kappa shape index (κ1) is 24.1. The fourth-order valence-corrected chi connectivity index (χ4v) is 6.47. The summed E-state index contributed by atoms with van der Waals surface area (Å²) in [5, 5.41) is 9.08. The molecule has 0 aliphatic heterocycles. The Balaban J connectivity index is 1.07. The zero-order valence-corrected chi connectivity index (χ0v) is 20.5. The number of nitrogens with one attached hydrogen (secondary N) is 3. The first-order chi connectivity index (χ1) is 17.4. The van der Waals surface area contributed by atoms with Crippen LogP contribution in [-0.2, 0) is 16.1 Å². The Kier molecular flexibility index (Phi) is 6.80. The molecular formula is C25H33N7O4. The number of nitrogen functional groups attached to an aromatic ring is 1. The number of esters is 1. The monoisotopic (exact) mass is 495 g/mol. The third-order valence-electron chi connectivity index (χ3n) is 7.45. The maximum absolute atomic E-state index is 12.5. The quantitative estimate of drug-likeness (QED) is 0.385. The van der Waals surface area contributed by atoms with E-state index >= 15 is 0 Å². The van der Waals surface area contributed by atoms with Gasteiger partial charge in [-0.1, -0.05) is 12.1 Å². The van der Waals surface area contributed by atoms with E-state index in [0.717, 1.165) is 37.0 Å². The molecular weight excluding hydrogens is 462 g/mol. The van der Waals surface area contributed by atoms with Crippen molar-refractivity contribution in [2.24, 2.45) is 17.8 Å². The fraction of sp³-hybridized carbons (Fsp3) is 0.560. The Hall–Kier alpha value is -3.63. The lowest BCUT2D eigenvalue weighted by Crippen LogP contribution is -2.61. The van der Waals surface area contributed by atoms with E-state index in [0.29, 0.717) is 11.4 Å². The summed E-state index contributed by atoms with van der Waals surface area (Å²) in [5.41, 5.74) is 6.39. The summed E-state index contributed by atoms with van der Waals surface area (Å²) in [7, 11) is 1.56. The highest BCUT2D eigenvalue weighted by molar-refractivity contribution is 5.76. The maximum Gasteiger partial charge on any atom is 0.315 e. The smallest absolute Gasteiger partial charge is 0.315 e. The van der Waals surface area contributed by atoms with Gasteiger partial charge in [0.1, 0.15) is 5.75 Å². The van der Waals surface area contributed by atoms with Crippen molar-refractivity contribution in [3.8, 4) is 5.75 Å². The summed E-state index contributed by atoms with van der Waals surface area (Å²) in [6.45, 7) is 0.0304. The Morgan fingerprint density at radius 1 is 1.06 bits per heavy atom. The van der Waals surface area contributed by atoms with E-state index < -0.39 is 5.97 Å².